The topological polar surface area (TPSA) is 30.3 Å². The number of nitriles is 1. The smallest absolute Gasteiger partial charge is 0.0950 e. The molecule has 104 valence electrons. The predicted molar refractivity (Wildman–Crippen MR) is 76.5 cm³/mol. The van der Waals surface area contributed by atoms with Gasteiger partial charge in [-0.15, -0.1) is 0 Å². The molecule has 0 N–H and O–H groups in total. The molecule has 0 bridgehead atoms. The van der Waals surface area contributed by atoms with E-state index in [0.717, 1.165) is 26.2 Å². The average molecular weight is 251 g/mol. The summed E-state index contributed by atoms with van der Waals surface area (Å²) in [5, 5.41) is 8.89. The molecule has 0 spiro atoms. The maximum absolute atomic E-state index is 8.89. The molecule has 1 heterocycles. The largest absolute Gasteiger partial charge is 0.301 e. The van der Waals surface area contributed by atoms with Crippen LogP contribution in [-0.4, -0.2) is 48.6 Å². The lowest BCUT2D eigenvalue weighted by Crippen LogP contribution is -2.49. The van der Waals surface area contributed by atoms with Gasteiger partial charge in [0, 0.05) is 26.2 Å². The summed E-state index contributed by atoms with van der Waals surface area (Å²) in [6.07, 6.45) is 8.26. The van der Waals surface area contributed by atoms with E-state index in [1.54, 1.807) is 0 Å². The van der Waals surface area contributed by atoms with Crippen molar-refractivity contribution in [2.45, 2.75) is 58.4 Å². The molecule has 0 aromatic rings. The molecule has 0 aliphatic carbocycles. The van der Waals surface area contributed by atoms with E-state index in [4.69, 9.17) is 5.26 Å². The lowest BCUT2D eigenvalue weighted by Gasteiger charge is -2.35. The molecule has 1 aliphatic heterocycles. The molecule has 1 aliphatic rings. The number of nitrogens with zero attached hydrogens (tertiary/aromatic N) is 3. The minimum atomic E-state index is 0.0844. The highest BCUT2D eigenvalue weighted by Crippen LogP contribution is 2.09. The van der Waals surface area contributed by atoms with Crippen molar-refractivity contribution in [3.8, 4) is 6.07 Å². The van der Waals surface area contributed by atoms with E-state index in [2.05, 4.69) is 22.8 Å². The molecule has 1 unspecified atom stereocenters. The van der Waals surface area contributed by atoms with Gasteiger partial charge >= 0.3 is 0 Å². The van der Waals surface area contributed by atoms with Crippen LogP contribution >= 0.6 is 0 Å². The fourth-order valence-corrected chi connectivity index (χ4v) is 2.57. The molecule has 3 nitrogen and oxygen atoms in total. The van der Waals surface area contributed by atoms with Gasteiger partial charge < -0.3 is 4.90 Å². The monoisotopic (exact) mass is 251 g/mol. The second kappa shape index (κ2) is 9.35. The predicted octanol–water partition coefficient (Wildman–Crippen LogP) is 2.88. The zero-order valence-corrected chi connectivity index (χ0v) is 12.2. The summed E-state index contributed by atoms with van der Waals surface area (Å²) in [5.74, 6) is 0. The Kier molecular flexibility index (Phi) is 8.04. The van der Waals surface area contributed by atoms with Crippen LogP contribution < -0.4 is 0 Å². The Hall–Kier alpha value is -0.590. The number of hydrogen-bond acceptors (Lipinski definition) is 3. The van der Waals surface area contributed by atoms with Crippen LogP contribution in [0.1, 0.15) is 52.4 Å². The van der Waals surface area contributed by atoms with E-state index in [9.17, 15) is 0 Å². The van der Waals surface area contributed by atoms with Crippen LogP contribution in [-0.2, 0) is 0 Å². The number of hydrogen-bond donors (Lipinski definition) is 0. The normalized spacial score (nSPS) is 19.6. The molecule has 0 saturated carbocycles. The van der Waals surface area contributed by atoms with Crippen molar-refractivity contribution >= 4 is 0 Å². The molecule has 0 aromatic carbocycles. The average Bonchev–Trinajstić information content (AvgIpc) is 2.42. The Morgan fingerprint density at radius 3 is 2.22 bits per heavy atom. The number of piperazine rings is 1. The van der Waals surface area contributed by atoms with Crippen molar-refractivity contribution < 1.29 is 0 Å². The van der Waals surface area contributed by atoms with Gasteiger partial charge in [-0.3, -0.25) is 4.90 Å². The molecule has 1 saturated heterocycles. The second-order valence-electron chi connectivity index (χ2n) is 5.45. The van der Waals surface area contributed by atoms with Gasteiger partial charge in [-0.1, -0.05) is 39.0 Å². The van der Waals surface area contributed by atoms with Crippen LogP contribution in [0.25, 0.3) is 0 Å². The second-order valence-corrected chi connectivity index (χ2v) is 5.45. The number of rotatable bonds is 8. The summed E-state index contributed by atoms with van der Waals surface area (Å²) >= 11 is 0. The van der Waals surface area contributed by atoms with Gasteiger partial charge in [0.05, 0.1) is 12.1 Å². The van der Waals surface area contributed by atoms with Crippen molar-refractivity contribution in [3.05, 3.63) is 0 Å². The van der Waals surface area contributed by atoms with Gasteiger partial charge in [0.15, 0.2) is 0 Å². The van der Waals surface area contributed by atoms with Crippen molar-refractivity contribution in [1.82, 2.24) is 9.80 Å². The molecular formula is C15H29N3. The molecule has 0 radical (unpaired) electrons. The first-order chi connectivity index (χ1) is 8.77. The van der Waals surface area contributed by atoms with Crippen molar-refractivity contribution in [2.24, 2.45) is 0 Å². The van der Waals surface area contributed by atoms with Crippen LogP contribution in [0, 0.1) is 11.3 Å². The fraction of sp³-hybridized carbons (Fsp3) is 0.933. The lowest BCUT2D eigenvalue weighted by molar-refractivity contribution is 0.118. The standard InChI is InChI=1S/C15H29N3/c1-3-4-5-6-7-8-9-17-10-12-18(13-11-17)15(2)14-16/h15H,3-13H2,1-2H3. The van der Waals surface area contributed by atoms with Gasteiger partial charge in [0.2, 0.25) is 0 Å². The third kappa shape index (κ3) is 5.84. The first-order valence-corrected chi connectivity index (χ1v) is 7.64. The minimum absolute atomic E-state index is 0.0844. The zero-order valence-electron chi connectivity index (χ0n) is 12.2. The van der Waals surface area contributed by atoms with Gasteiger partial charge in [0.1, 0.15) is 0 Å². The summed E-state index contributed by atoms with van der Waals surface area (Å²) < 4.78 is 0. The third-order valence-electron chi connectivity index (χ3n) is 3.97. The van der Waals surface area contributed by atoms with Crippen molar-refractivity contribution in [2.75, 3.05) is 32.7 Å². The van der Waals surface area contributed by atoms with E-state index < -0.39 is 0 Å². The molecule has 18 heavy (non-hydrogen) atoms. The van der Waals surface area contributed by atoms with Crippen molar-refractivity contribution in [3.63, 3.8) is 0 Å². The summed E-state index contributed by atoms with van der Waals surface area (Å²) in [7, 11) is 0. The molecule has 0 amide bonds. The molecule has 1 fully saturated rings. The van der Waals surface area contributed by atoms with E-state index in [-0.39, 0.29) is 6.04 Å². The Morgan fingerprint density at radius 1 is 1.00 bits per heavy atom. The van der Waals surface area contributed by atoms with Crippen LogP contribution in [0.3, 0.4) is 0 Å². The molecule has 0 aromatic heterocycles. The van der Waals surface area contributed by atoms with Gasteiger partial charge in [-0.25, -0.2) is 0 Å². The Labute approximate surface area is 113 Å². The SMILES string of the molecule is CCCCCCCCN1CCN(C(C)C#N)CC1. The molecule has 1 rings (SSSR count). The summed E-state index contributed by atoms with van der Waals surface area (Å²) in [4.78, 5) is 4.85. The van der Waals surface area contributed by atoms with Gasteiger partial charge in [-0.2, -0.15) is 5.26 Å². The van der Waals surface area contributed by atoms with E-state index in [0.29, 0.717) is 0 Å². The maximum Gasteiger partial charge on any atom is 0.0950 e. The Morgan fingerprint density at radius 2 is 1.61 bits per heavy atom. The minimum Gasteiger partial charge on any atom is -0.301 e. The highest BCUT2D eigenvalue weighted by atomic mass is 15.3. The van der Waals surface area contributed by atoms with Crippen LogP contribution in [0.2, 0.25) is 0 Å². The van der Waals surface area contributed by atoms with E-state index >= 15 is 0 Å². The van der Waals surface area contributed by atoms with Crippen LogP contribution in [0.15, 0.2) is 0 Å². The zero-order chi connectivity index (χ0) is 13.2. The summed E-state index contributed by atoms with van der Waals surface area (Å²) in [6, 6.07) is 2.41. The Balaban J connectivity index is 2.01. The van der Waals surface area contributed by atoms with Crippen LogP contribution in [0.4, 0.5) is 0 Å². The quantitative estimate of drug-likeness (QED) is 0.621. The molecule has 1 atom stereocenters. The first kappa shape index (κ1) is 15.5. The van der Waals surface area contributed by atoms with E-state index in [1.165, 1.54) is 45.1 Å². The third-order valence-corrected chi connectivity index (χ3v) is 3.97. The summed E-state index contributed by atoms with van der Waals surface area (Å²) in [5.41, 5.74) is 0. The highest BCUT2D eigenvalue weighted by molar-refractivity contribution is 4.90. The number of unbranched alkanes of at least 4 members (excludes halogenated alkanes) is 5. The first-order valence-electron chi connectivity index (χ1n) is 7.64. The van der Waals surface area contributed by atoms with E-state index in [1.807, 2.05) is 6.92 Å². The van der Waals surface area contributed by atoms with Crippen LogP contribution in [0.5, 0.6) is 0 Å². The highest BCUT2D eigenvalue weighted by Gasteiger charge is 2.19. The fourth-order valence-electron chi connectivity index (χ4n) is 2.57. The van der Waals surface area contributed by atoms with Gasteiger partial charge in [0.25, 0.3) is 0 Å². The molecular weight excluding hydrogens is 222 g/mol. The Bertz CT molecular complexity index is 239. The summed E-state index contributed by atoms with van der Waals surface area (Å²) in [6.45, 7) is 9.92. The lowest BCUT2D eigenvalue weighted by atomic mass is 10.1. The van der Waals surface area contributed by atoms with Crippen molar-refractivity contribution in [1.29, 1.82) is 5.26 Å². The maximum atomic E-state index is 8.89. The molecule has 3 heteroatoms. The van der Waals surface area contributed by atoms with Gasteiger partial charge in [-0.05, 0) is 19.9 Å².